The molecule has 19 heavy (non-hydrogen) atoms. The van der Waals surface area contributed by atoms with E-state index in [1.165, 1.54) is 43.7 Å². The predicted molar refractivity (Wildman–Crippen MR) is 78.0 cm³/mol. The normalized spacial score (nSPS) is 18.8. The lowest BCUT2D eigenvalue weighted by Crippen LogP contribution is -2.05. The second-order valence-electron chi connectivity index (χ2n) is 5.28. The third kappa shape index (κ3) is 3.95. The fourth-order valence-electron chi connectivity index (χ4n) is 2.72. The van der Waals surface area contributed by atoms with Crippen molar-refractivity contribution in [2.75, 3.05) is 0 Å². The van der Waals surface area contributed by atoms with Crippen molar-refractivity contribution in [2.45, 2.75) is 46.0 Å². The summed E-state index contributed by atoms with van der Waals surface area (Å²) in [6.07, 6.45) is 8.67. The molecule has 0 bridgehead atoms. The molecule has 2 heteroatoms. The van der Waals surface area contributed by atoms with Gasteiger partial charge in [0.1, 0.15) is 5.75 Å². The van der Waals surface area contributed by atoms with Gasteiger partial charge in [-0.3, -0.25) is 4.79 Å². The minimum atomic E-state index is -0.271. The topological polar surface area (TPSA) is 26.3 Å². The summed E-state index contributed by atoms with van der Waals surface area (Å²) in [4.78, 5) is 10.9. The maximum atomic E-state index is 10.9. The maximum Gasteiger partial charge on any atom is 0.308 e. The average Bonchev–Trinajstić information content (AvgIpc) is 2.40. The Balaban J connectivity index is 2.01. The van der Waals surface area contributed by atoms with Crippen LogP contribution in [0.5, 0.6) is 5.75 Å². The molecule has 0 radical (unpaired) electrons. The van der Waals surface area contributed by atoms with Gasteiger partial charge in [0.2, 0.25) is 0 Å². The van der Waals surface area contributed by atoms with Gasteiger partial charge in [-0.1, -0.05) is 38.0 Å². The van der Waals surface area contributed by atoms with Crippen molar-refractivity contribution in [3.8, 4) is 5.75 Å². The second kappa shape index (κ2) is 6.55. The molecule has 2 rings (SSSR count). The van der Waals surface area contributed by atoms with E-state index in [1.54, 1.807) is 0 Å². The molecule has 0 heterocycles. The zero-order chi connectivity index (χ0) is 13.7. The molecular weight excluding hydrogens is 236 g/mol. The highest BCUT2D eigenvalue weighted by Gasteiger charge is 2.14. The SMILES string of the molecule is CCCC1CC=C(c2ccc(OC(C)=O)cc2)CC1. The Morgan fingerprint density at radius 1 is 1.32 bits per heavy atom. The lowest BCUT2D eigenvalue weighted by atomic mass is 9.84. The van der Waals surface area contributed by atoms with Gasteiger partial charge in [0.15, 0.2) is 0 Å². The van der Waals surface area contributed by atoms with Crippen molar-refractivity contribution < 1.29 is 9.53 Å². The molecule has 1 aromatic rings. The average molecular weight is 258 g/mol. The highest BCUT2D eigenvalue weighted by molar-refractivity contribution is 5.70. The van der Waals surface area contributed by atoms with E-state index in [0.717, 1.165) is 12.3 Å². The number of benzene rings is 1. The van der Waals surface area contributed by atoms with Gasteiger partial charge in [0, 0.05) is 6.92 Å². The summed E-state index contributed by atoms with van der Waals surface area (Å²) in [5.74, 6) is 1.22. The van der Waals surface area contributed by atoms with E-state index in [0.29, 0.717) is 5.75 Å². The molecule has 0 aromatic heterocycles. The van der Waals surface area contributed by atoms with Crippen molar-refractivity contribution in [1.82, 2.24) is 0 Å². The van der Waals surface area contributed by atoms with E-state index < -0.39 is 0 Å². The number of rotatable bonds is 4. The molecule has 1 aliphatic carbocycles. The van der Waals surface area contributed by atoms with Gasteiger partial charge in [0.05, 0.1) is 0 Å². The van der Waals surface area contributed by atoms with Crippen molar-refractivity contribution >= 4 is 11.5 Å². The number of carbonyl (C=O) groups is 1. The van der Waals surface area contributed by atoms with Crippen LogP contribution in [0, 0.1) is 5.92 Å². The van der Waals surface area contributed by atoms with Gasteiger partial charge in [-0.15, -0.1) is 0 Å². The number of esters is 1. The van der Waals surface area contributed by atoms with Crippen LogP contribution in [-0.2, 0) is 4.79 Å². The first-order valence-electron chi connectivity index (χ1n) is 7.17. The highest BCUT2D eigenvalue weighted by atomic mass is 16.5. The summed E-state index contributed by atoms with van der Waals surface area (Å²) in [7, 11) is 0. The lowest BCUT2D eigenvalue weighted by Gasteiger charge is -2.21. The summed E-state index contributed by atoms with van der Waals surface area (Å²) in [5, 5.41) is 0. The lowest BCUT2D eigenvalue weighted by molar-refractivity contribution is -0.131. The van der Waals surface area contributed by atoms with Gasteiger partial charge in [-0.05, 0) is 48.4 Å². The summed E-state index contributed by atoms with van der Waals surface area (Å²) < 4.78 is 5.05. The molecule has 1 aromatic carbocycles. The van der Waals surface area contributed by atoms with Crippen LogP contribution in [0.25, 0.3) is 5.57 Å². The summed E-state index contributed by atoms with van der Waals surface area (Å²) >= 11 is 0. The molecule has 0 aliphatic heterocycles. The third-order valence-corrected chi connectivity index (χ3v) is 3.70. The first-order valence-corrected chi connectivity index (χ1v) is 7.17. The fraction of sp³-hybridized carbons (Fsp3) is 0.471. The Kier molecular flexibility index (Phi) is 4.78. The molecule has 0 N–H and O–H groups in total. The molecule has 1 aliphatic rings. The molecule has 0 amide bonds. The molecule has 1 unspecified atom stereocenters. The Hall–Kier alpha value is -1.57. The minimum absolute atomic E-state index is 0.271. The van der Waals surface area contributed by atoms with E-state index in [9.17, 15) is 4.79 Å². The molecule has 2 nitrogen and oxygen atoms in total. The number of hydrogen-bond donors (Lipinski definition) is 0. The monoisotopic (exact) mass is 258 g/mol. The van der Waals surface area contributed by atoms with Crippen LogP contribution in [0.15, 0.2) is 30.3 Å². The van der Waals surface area contributed by atoms with Crippen molar-refractivity contribution in [3.63, 3.8) is 0 Å². The van der Waals surface area contributed by atoms with E-state index in [2.05, 4.69) is 13.0 Å². The standard InChI is InChI=1S/C17H22O2/c1-3-4-14-5-7-15(8-6-14)16-9-11-17(12-10-16)19-13(2)18/h7,9-12,14H,3-6,8H2,1-2H3. The molecule has 0 saturated carbocycles. The first-order chi connectivity index (χ1) is 9.19. The zero-order valence-electron chi connectivity index (χ0n) is 11.8. The fourth-order valence-corrected chi connectivity index (χ4v) is 2.72. The Labute approximate surface area is 115 Å². The Bertz CT molecular complexity index is 457. The van der Waals surface area contributed by atoms with Gasteiger partial charge >= 0.3 is 5.97 Å². The molecule has 1 atom stereocenters. The quantitative estimate of drug-likeness (QED) is 0.583. The van der Waals surface area contributed by atoms with Crippen LogP contribution in [-0.4, -0.2) is 5.97 Å². The number of hydrogen-bond acceptors (Lipinski definition) is 2. The zero-order valence-corrected chi connectivity index (χ0v) is 11.8. The smallest absolute Gasteiger partial charge is 0.308 e. The molecule has 0 spiro atoms. The molecule has 0 fully saturated rings. The van der Waals surface area contributed by atoms with Gasteiger partial charge in [-0.2, -0.15) is 0 Å². The van der Waals surface area contributed by atoms with Crippen LogP contribution in [0.2, 0.25) is 0 Å². The highest BCUT2D eigenvalue weighted by Crippen LogP contribution is 2.32. The number of allylic oxidation sites excluding steroid dienone is 2. The van der Waals surface area contributed by atoms with Crippen LogP contribution in [0.3, 0.4) is 0 Å². The summed E-state index contributed by atoms with van der Waals surface area (Å²) in [6.45, 7) is 3.68. The van der Waals surface area contributed by atoms with Crippen LogP contribution < -0.4 is 4.74 Å². The largest absolute Gasteiger partial charge is 0.427 e. The van der Waals surface area contributed by atoms with E-state index in [1.807, 2.05) is 24.3 Å². The molecule has 102 valence electrons. The summed E-state index contributed by atoms with van der Waals surface area (Å²) in [6, 6.07) is 7.83. The van der Waals surface area contributed by atoms with Crippen molar-refractivity contribution in [2.24, 2.45) is 5.92 Å². The Morgan fingerprint density at radius 2 is 2.05 bits per heavy atom. The minimum Gasteiger partial charge on any atom is -0.427 e. The van der Waals surface area contributed by atoms with E-state index in [4.69, 9.17) is 4.74 Å². The van der Waals surface area contributed by atoms with Gasteiger partial charge in [-0.25, -0.2) is 0 Å². The third-order valence-electron chi connectivity index (χ3n) is 3.70. The predicted octanol–water partition coefficient (Wildman–Crippen LogP) is 4.60. The van der Waals surface area contributed by atoms with E-state index in [-0.39, 0.29) is 5.97 Å². The van der Waals surface area contributed by atoms with Gasteiger partial charge in [0.25, 0.3) is 0 Å². The van der Waals surface area contributed by atoms with Crippen LogP contribution in [0.1, 0.15) is 51.5 Å². The van der Waals surface area contributed by atoms with Crippen LogP contribution >= 0.6 is 0 Å². The second-order valence-corrected chi connectivity index (χ2v) is 5.28. The molecule has 0 saturated heterocycles. The van der Waals surface area contributed by atoms with Gasteiger partial charge < -0.3 is 4.74 Å². The first kappa shape index (κ1) is 13.9. The van der Waals surface area contributed by atoms with Crippen molar-refractivity contribution in [1.29, 1.82) is 0 Å². The number of ether oxygens (including phenoxy) is 1. The number of carbonyl (C=O) groups excluding carboxylic acids is 1. The van der Waals surface area contributed by atoms with Crippen molar-refractivity contribution in [3.05, 3.63) is 35.9 Å². The van der Waals surface area contributed by atoms with Crippen LogP contribution in [0.4, 0.5) is 0 Å². The summed E-state index contributed by atoms with van der Waals surface area (Å²) in [5.41, 5.74) is 2.69. The van der Waals surface area contributed by atoms with E-state index >= 15 is 0 Å². The molecular formula is C17H22O2. The maximum absolute atomic E-state index is 10.9. The Morgan fingerprint density at radius 3 is 2.58 bits per heavy atom.